The molecule has 0 aliphatic heterocycles. The van der Waals surface area contributed by atoms with E-state index in [2.05, 4.69) is 34.4 Å². The monoisotopic (exact) mass is 306 g/mol. The predicted molar refractivity (Wildman–Crippen MR) is 93.7 cm³/mol. The number of benzene rings is 1. The van der Waals surface area contributed by atoms with Gasteiger partial charge in [0.25, 0.3) is 0 Å². The van der Waals surface area contributed by atoms with E-state index in [1.165, 1.54) is 0 Å². The van der Waals surface area contributed by atoms with Crippen LogP contribution in [-0.2, 0) is 0 Å². The van der Waals surface area contributed by atoms with Gasteiger partial charge in [-0.05, 0) is 38.2 Å². The van der Waals surface area contributed by atoms with Crippen LogP contribution in [0.3, 0.4) is 0 Å². The van der Waals surface area contributed by atoms with E-state index in [-0.39, 0.29) is 0 Å². The molecule has 0 fully saturated rings. The summed E-state index contributed by atoms with van der Waals surface area (Å²) in [6, 6.07) is 9.84. The van der Waals surface area contributed by atoms with Crippen LogP contribution in [-0.4, -0.2) is 57.2 Å². The zero-order valence-corrected chi connectivity index (χ0v) is 14.1. The number of ether oxygens (including phenoxy) is 1. The zero-order valence-electron chi connectivity index (χ0n) is 14.1. The van der Waals surface area contributed by atoms with Gasteiger partial charge in [-0.15, -0.1) is 0 Å². The van der Waals surface area contributed by atoms with E-state index in [4.69, 9.17) is 4.74 Å². The standard InChI is InChI=1S/C17H30N4O/c1-4-21(5-2)14-9-12-19-17(18-3)20-13-15-22-16-10-7-6-8-11-16/h6-8,10-11H,4-5,9,12-15H2,1-3H3,(H2,18,19,20). The van der Waals surface area contributed by atoms with Crippen LogP contribution in [0.15, 0.2) is 35.3 Å². The molecular formula is C17H30N4O. The average molecular weight is 306 g/mol. The molecule has 5 heteroatoms. The second-order valence-electron chi connectivity index (χ2n) is 4.97. The van der Waals surface area contributed by atoms with Gasteiger partial charge in [-0.25, -0.2) is 0 Å². The Bertz CT molecular complexity index is 404. The Morgan fingerprint density at radius 2 is 1.77 bits per heavy atom. The van der Waals surface area contributed by atoms with Crippen molar-refractivity contribution < 1.29 is 4.74 Å². The molecule has 0 heterocycles. The van der Waals surface area contributed by atoms with Crippen LogP contribution in [0.1, 0.15) is 20.3 Å². The smallest absolute Gasteiger partial charge is 0.191 e. The normalized spacial score (nSPS) is 11.5. The van der Waals surface area contributed by atoms with Gasteiger partial charge in [-0.1, -0.05) is 32.0 Å². The van der Waals surface area contributed by atoms with Crippen molar-refractivity contribution in [2.24, 2.45) is 4.99 Å². The van der Waals surface area contributed by atoms with Gasteiger partial charge in [0.15, 0.2) is 5.96 Å². The molecule has 0 aromatic heterocycles. The van der Waals surface area contributed by atoms with Crippen molar-refractivity contribution in [1.29, 1.82) is 0 Å². The highest BCUT2D eigenvalue weighted by Crippen LogP contribution is 2.07. The Labute approximate surface area is 134 Å². The van der Waals surface area contributed by atoms with Crippen molar-refractivity contribution >= 4 is 5.96 Å². The van der Waals surface area contributed by atoms with Crippen LogP contribution in [0.2, 0.25) is 0 Å². The molecule has 1 rings (SSSR count). The van der Waals surface area contributed by atoms with Crippen LogP contribution in [0.25, 0.3) is 0 Å². The summed E-state index contributed by atoms with van der Waals surface area (Å²) in [5.74, 6) is 1.72. The first-order valence-corrected chi connectivity index (χ1v) is 8.14. The molecule has 2 N–H and O–H groups in total. The number of nitrogens with one attached hydrogen (secondary N) is 2. The van der Waals surface area contributed by atoms with Crippen LogP contribution < -0.4 is 15.4 Å². The molecule has 0 saturated carbocycles. The quantitative estimate of drug-likeness (QED) is 0.394. The fraction of sp³-hybridized carbons (Fsp3) is 0.588. The Morgan fingerprint density at radius 1 is 1.09 bits per heavy atom. The third-order valence-electron chi connectivity index (χ3n) is 3.47. The zero-order chi connectivity index (χ0) is 16.0. The lowest BCUT2D eigenvalue weighted by Gasteiger charge is -2.18. The van der Waals surface area contributed by atoms with Gasteiger partial charge < -0.3 is 20.3 Å². The Balaban J connectivity index is 2.10. The van der Waals surface area contributed by atoms with Gasteiger partial charge in [0.05, 0.1) is 6.54 Å². The number of hydrogen-bond donors (Lipinski definition) is 2. The molecular weight excluding hydrogens is 276 g/mol. The van der Waals surface area contributed by atoms with Crippen molar-refractivity contribution in [2.75, 3.05) is 46.4 Å². The highest BCUT2D eigenvalue weighted by molar-refractivity contribution is 5.79. The molecule has 0 saturated heterocycles. The molecule has 0 aliphatic rings. The van der Waals surface area contributed by atoms with Gasteiger partial charge in [0, 0.05) is 13.6 Å². The van der Waals surface area contributed by atoms with E-state index >= 15 is 0 Å². The molecule has 0 bridgehead atoms. The summed E-state index contributed by atoms with van der Waals surface area (Å²) in [4.78, 5) is 6.64. The Kier molecular flexibility index (Phi) is 9.87. The number of hydrogen-bond acceptors (Lipinski definition) is 3. The van der Waals surface area contributed by atoms with Crippen molar-refractivity contribution in [2.45, 2.75) is 20.3 Å². The van der Waals surface area contributed by atoms with Crippen LogP contribution in [0.5, 0.6) is 5.75 Å². The van der Waals surface area contributed by atoms with Crippen LogP contribution in [0.4, 0.5) is 0 Å². The third-order valence-corrected chi connectivity index (χ3v) is 3.47. The summed E-state index contributed by atoms with van der Waals surface area (Å²) in [5, 5.41) is 6.58. The first kappa shape index (κ1) is 18.3. The molecule has 1 aromatic carbocycles. The minimum Gasteiger partial charge on any atom is -0.492 e. The molecule has 22 heavy (non-hydrogen) atoms. The summed E-state index contributed by atoms with van der Waals surface area (Å²) in [7, 11) is 1.79. The van der Waals surface area contributed by atoms with Gasteiger partial charge in [-0.2, -0.15) is 0 Å². The first-order chi connectivity index (χ1) is 10.8. The maximum atomic E-state index is 5.64. The van der Waals surface area contributed by atoms with E-state index in [9.17, 15) is 0 Å². The Morgan fingerprint density at radius 3 is 2.41 bits per heavy atom. The maximum Gasteiger partial charge on any atom is 0.191 e. The number of nitrogens with zero attached hydrogens (tertiary/aromatic N) is 2. The van der Waals surface area contributed by atoms with E-state index < -0.39 is 0 Å². The van der Waals surface area contributed by atoms with Gasteiger partial charge >= 0.3 is 0 Å². The van der Waals surface area contributed by atoms with Crippen molar-refractivity contribution in [3.8, 4) is 5.75 Å². The summed E-state index contributed by atoms with van der Waals surface area (Å²) in [6.07, 6.45) is 1.11. The molecule has 0 radical (unpaired) electrons. The minimum absolute atomic E-state index is 0.615. The third kappa shape index (κ3) is 7.88. The van der Waals surface area contributed by atoms with Gasteiger partial charge in [0.1, 0.15) is 12.4 Å². The largest absolute Gasteiger partial charge is 0.492 e. The van der Waals surface area contributed by atoms with Gasteiger partial charge in [0.2, 0.25) is 0 Å². The van der Waals surface area contributed by atoms with E-state index in [0.29, 0.717) is 6.61 Å². The van der Waals surface area contributed by atoms with Crippen molar-refractivity contribution in [3.05, 3.63) is 30.3 Å². The second kappa shape index (κ2) is 11.9. The summed E-state index contributed by atoms with van der Waals surface area (Å²) < 4.78 is 5.64. The van der Waals surface area contributed by atoms with E-state index in [0.717, 1.165) is 50.9 Å². The lowest BCUT2D eigenvalue weighted by atomic mass is 10.3. The summed E-state index contributed by atoms with van der Waals surface area (Å²) >= 11 is 0. The Hall–Kier alpha value is -1.75. The maximum absolute atomic E-state index is 5.64. The molecule has 1 aromatic rings. The van der Waals surface area contributed by atoms with Crippen molar-refractivity contribution in [3.63, 3.8) is 0 Å². The highest BCUT2D eigenvalue weighted by Gasteiger charge is 2.00. The second-order valence-corrected chi connectivity index (χ2v) is 4.97. The molecule has 0 amide bonds. The molecule has 0 spiro atoms. The minimum atomic E-state index is 0.615. The first-order valence-electron chi connectivity index (χ1n) is 8.14. The average Bonchev–Trinajstić information content (AvgIpc) is 2.57. The summed E-state index contributed by atoms with van der Waals surface area (Å²) in [6.45, 7) is 10.0. The molecule has 0 aliphatic carbocycles. The van der Waals surface area contributed by atoms with E-state index in [1.807, 2.05) is 30.3 Å². The molecule has 5 nitrogen and oxygen atoms in total. The van der Waals surface area contributed by atoms with Crippen LogP contribution >= 0.6 is 0 Å². The molecule has 124 valence electrons. The fourth-order valence-corrected chi connectivity index (χ4v) is 2.12. The SMILES string of the molecule is CCN(CC)CCCNC(=NC)NCCOc1ccccc1. The molecule has 0 atom stereocenters. The highest BCUT2D eigenvalue weighted by atomic mass is 16.5. The lowest BCUT2D eigenvalue weighted by Crippen LogP contribution is -2.40. The van der Waals surface area contributed by atoms with Crippen LogP contribution in [0, 0.1) is 0 Å². The van der Waals surface area contributed by atoms with E-state index in [1.54, 1.807) is 7.05 Å². The number of aliphatic imine (C=N–C) groups is 1. The lowest BCUT2D eigenvalue weighted by molar-refractivity contribution is 0.300. The number of rotatable bonds is 10. The molecule has 0 unspecified atom stereocenters. The predicted octanol–water partition coefficient (Wildman–Crippen LogP) is 1.96. The van der Waals surface area contributed by atoms with Gasteiger partial charge in [-0.3, -0.25) is 4.99 Å². The fourth-order valence-electron chi connectivity index (χ4n) is 2.12. The summed E-state index contributed by atoms with van der Waals surface area (Å²) in [5.41, 5.74) is 0. The topological polar surface area (TPSA) is 48.9 Å². The number of para-hydroxylation sites is 1. The number of guanidine groups is 1. The van der Waals surface area contributed by atoms with Crippen molar-refractivity contribution in [1.82, 2.24) is 15.5 Å².